The van der Waals surface area contributed by atoms with Gasteiger partial charge in [-0.15, -0.1) is 0 Å². The Bertz CT molecular complexity index is 948. The van der Waals surface area contributed by atoms with Gasteiger partial charge in [0.25, 0.3) is 0 Å². The number of aryl methyl sites for hydroxylation is 1. The average Bonchev–Trinajstić information content (AvgIpc) is 2.78. The number of allylic oxidation sites excluding steroid dienone is 7. The van der Waals surface area contributed by atoms with Gasteiger partial charge in [-0.3, -0.25) is 0 Å². The van der Waals surface area contributed by atoms with E-state index in [2.05, 4.69) is 26.3 Å². The molecule has 1 aliphatic rings. The van der Waals surface area contributed by atoms with Crippen molar-refractivity contribution in [2.75, 3.05) is 7.11 Å². The van der Waals surface area contributed by atoms with Crippen molar-refractivity contribution in [3.63, 3.8) is 0 Å². The minimum atomic E-state index is -0.825. The van der Waals surface area contributed by atoms with Gasteiger partial charge < -0.3 is 9.84 Å². The number of hydrogen-bond donors (Lipinski definition) is 1. The van der Waals surface area contributed by atoms with E-state index in [4.69, 9.17) is 4.74 Å². The fourth-order valence-corrected chi connectivity index (χ4v) is 3.64. The molecule has 1 saturated carbocycles. The second-order valence-corrected chi connectivity index (χ2v) is 8.11. The van der Waals surface area contributed by atoms with Crippen LogP contribution in [0.5, 0.6) is 0 Å². The van der Waals surface area contributed by atoms with Crippen molar-refractivity contribution in [3.8, 4) is 0 Å². The van der Waals surface area contributed by atoms with Gasteiger partial charge in [0, 0.05) is 11.6 Å². The predicted molar refractivity (Wildman–Crippen MR) is 124 cm³/mol. The van der Waals surface area contributed by atoms with Crippen molar-refractivity contribution >= 4 is 0 Å². The zero-order valence-corrected chi connectivity index (χ0v) is 18.6. The largest absolute Gasteiger partial charge is 0.497 e. The molecular formula is C27H31F3O2. The Labute approximate surface area is 188 Å². The van der Waals surface area contributed by atoms with Crippen molar-refractivity contribution in [2.24, 2.45) is 0 Å². The standard InChI is InChI=1S/C27H31F3O2/c1-17(6-8-18(2)20(4)25(28)16-19(3)32-5)7-9-22-12-15-24(27(30)26(22)29)21-10-13-23(31)14-11-21/h6,8,12,15-16,21,23,31H,1-4,7,9-11,13-14H2,5H3/b8-6-,25-16+. The number of halogens is 3. The van der Waals surface area contributed by atoms with E-state index in [1.54, 1.807) is 24.3 Å². The molecule has 2 nitrogen and oxygen atoms in total. The molecular weight excluding hydrogens is 413 g/mol. The Balaban J connectivity index is 1.95. The summed E-state index contributed by atoms with van der Waals surface area (Å²) in [4.78, 5) is 0. The van der Waals surface area contributed by atoms with Crippen LogP contribution in [0, 0.1) is 11.6 Å². The monoisotopic (exact) mass is 444 g/mol. The highest BCUT2D eigenvalue weighted by Gasteiger charge is 2.25. The SMILES string of the molecule is C=C(/C=C\C(=C)C(=C)/C(F)=C\C(=C)OC)CCc1ccc(C2CCC(O)CC2)c(F)c1F. The maximum atomic E-state index is 14.7. The molecule has 1 aliphatic carbocycles. The van der Waals surface area contributed by atoms with Crippen LogP contribution in [0.4, 0.5) is 13.2 Å². The van der Waals surface area contributed by atoms with E-state index >= 15 is 0 Å². The third kappa shape index (κ3) is 6.86. The van der Waals surface area contributed by atoms with Crippen LogP contribution in [0.25, 0.3) is 0 Å². The summed E-state index contributed by atoms with van der Waals surface area (Å²) in [5.41, 5.74) is 1.77. The van der Waals surface area contributed by atoms with E-state index in [1.165, 1.54) is 7.11 Å². The van der Waals surface area contributed by atoms with E-state index < -0.39 is 17.5 Å². The number of benzene rings is 1. The summed E-state index contributed by atoms with van der Waals surface area (Å²) in [6.45, 7) is 14.9. The van der Waals surface area contributed by atoms with Gasteiger partial charge in [-0.05, 0) is 61.1 Å². The highest BCUT2D eigenvalue weighted by atomic mass is 19.2. The topological polar surface area (TPSA) is 29.5 Å². The van der Waals surface area contributed by atoms with E-state index in [0.717, 1.165) is 6.08 Å². The lowest BCUT2D eigenvalue weighted by atomic mass is 9.82. The Morgan fingerprint density at radius 3 is 2.34 bits per heavy atom. The molecule has 2 rings (SSSR count). The maximum absolute atomic E-state index is 14.7. The quantitative estimate of drug-likeness (QED) is 0.307. The minimum absolute atomic E-state index is 0.0607. The number of aliphatic hydroxyl groups excluding tert-OH is 1. The van der Waals surface area contributed by atoms with Gasteiger partial charge >= 0.3 is 0 Å². The third-order valence-corrected chi connectivity index (χ3v) is 5.79. The van der Waals surface area contributed by atoms with Crippen molar-refractivity contribution in [2.45, 2.75) is 50.5 Å². The first-order chi connectivity index (χ1) is 15.1. The summed E-state index contributed by atoms with van der Waals surface area (Å²) in [5.74, 6) is -2.13. The molecule has 0 atom stereocenters. The van der Waals surface area contributed by atoms with Crippen LogP contribution in [0.3, 0.4) is 0 Å². The number of hydrogen-bond acceptors (Lipinski definition) is 2. The molecule has 0 bridgehead atoms. The smallest absolute Gasteiger partial charge is 0.162 e. The summed E-state index contributed by atoms with van der Waals surface area (Å²) >= 11 is 0. The molecule has 172 valence electrons. The highest BCUT2D eigenvalue weighted by Crippen LogP contribution is 2.35. The van der Waals surface area contributed by atoms with Gasteiger partial charge in [-0.1, -0.05) is 56.2 Å². The summed E-state index contributed by atoms with van der Waals surface area (Å²) in [5, 5.41) is 9.62. The van der Waals surface area contributed by atoms with Crippen molar-refractivity contribution in [1.82, 2.24) is 0 Å². The van der Waals surface area contributed by atoms with Crippen LogP contribution < -0.4 is 0 Å². The first kappa shape index (κ1) is 25.5. The molecule has 0 radical (unpaired) electrons. The van der Waals surface area contributed by atoms with Crippen LogP contribution in [0.15, 0.2) is 85.0 Å². The van der Waals surface area contributed by atoms with Crippen LogP contribution in [0.2, 0.25) is 0 Å². The molecule has 1 N–H and O–H groups in total. The van der Waals surface area contributed by atoms with Crippen molar-refractivity contribution in [1.29, 1.82) is 0 Å². The average molecular weight is 445 g/mol. The number of methoxy groups -OCH3 is 1. The summed E-state index contributed by atoms with van der Waals surface area (Å²) < 4.78 is 48.1. The van der Waals surface area contributed by atoms with Crippen LogP contribution in [-0.2, 0) is 11.2 Å². The lowest BCUT2D eigenvalue weighted by Crippen LogP contribution is -2.18. The van der Waals surface area contributed by atoms with E-state index in [-0.39, 0.29) is 35.3 Å². The third-order valence-electron chi connectivity index (χ3n) is 5.79. The molecule has 0 heterocycles. The Morgan fingerprint density at radius 2 is 1.72 bits per heavy atom. The Kier molecular flexibility index (Phi) is 9.33. The van der Waals surface area contributed by atoms with Crippen LogP contribution in [0.1, 0.15) is 49.1 Å². The lowest BCUT2D eigenvalue weighted by molar-refractivity contribution is 0.122. The molecule has 1 fully saturated rings. The lowest BCUT2D eigenvalue weighted by Gasteiger charge is -2.26. The summed E-state index contributed by atoms with van der Waals surface area (Å²) in [6, 6.07) is 3.28. The van der Waals surface area contributed by atoms with Crippen LogP contribution >= 0.6 is 0 Å². The van der Waals surface area contributed by atoms with Crippen molar-refractivity contribution in [3.05, 3.63) is 108 Å². The number of aliphatic hydroxyl groups is 1. The van der Waals surface area contributed by atoms with Gasteiger partial charge in [0.15, 0.2) is 11.6 Å². The number of ether oxygens (including phenoxy) is 1. The molecule has 1 aromatic carbocycles. The van der Waals surface area contributed by atoms with Gasteiger partial charge in [0.05, 0.1) is 13.2 Å². The first-order valence-corrected chi connectivity index (χ1v) is 10.6. The number of rotatable bonds is 10. The highest BCUT2D eigenvalue weighted by molar-refractivity contribution is 5.48. The van der Waals surface area contributed by atoms with Gasteiger partial charge in [0.2, 0.25) is 0 Å². The first-order valence-electron chi connectivity index (χ1n) is 10.6. The fourth-order valence-electron chi connectivity index (χ4n) is 3.64. The zero-order valence-electron chi connectivity index (χ0n) is 18.6. The van der Waals surface area contributed by atoms with Crippen molar-refractivity contribution < 1.29 is 23.0 Å². The van der Waals surface area contributed by atoms with Gasteiger partial charge in [-0.2, -0.15) is 0 Å². The molecule has 0 amide bonds. The normalized spacial score (nSPS) is 19.1. The van der Waals surface area contributed by atoms with Crippen LogP contribution in [-0.4, -0.2) is 18.3 Å². The summed E-state index contributed by atoms with van der Waals surface area (Å²) in [6.07, 6.45) is 7.22. The molecule has 0 aliphatic heterocycles. The molecule has 5 heteroatoms. The van der Waals surface area contributed by atoms with Gasteiger partial charge in [0.1, 0.15) is 11.6 Å². The molecule has 1 aromatic rings. The molecule has 0 spiro atoms. The minimum Gasteiger partial charge on any atom is -0.497 e. The van der Waals surface area contributed by atoms with E-state index in [0.29, 0.717) is 48.8 Å². The maximum Gasteiger partial charge on any atom is 0.162 e. The molecule has 0 aromatic heterocycles. The Hall–Kier alpha value is -2.79. The zero-order chi connectivity index (χ0) is 23.8. The molecule has 0 unspecified atom stereocenters. The predicted octanol–water partition coefficient (Wildman–Crippen LogP) is 7.15. The van der Waals surface area contributed by atoms with Gasteiger partial charge in [-0.25, -0.2) is 13.2 Å². The van der Waals surface area contributed by atoms with E-state index in [9.17, 15) is 18.3 Å². The molecule has 32 heavy (non-hydrogen) atoms. The Morgan fingerprint density at radius 1 is 1.06 bits per heavy atom. The second-order valence-electron chi connectivity index (χ2n) is 8.11. The second kappa shape index (κ2) is 11.7. The summed E-state index contributed by atoms with van der Waals surface area (Å²) in [7, 11) is 1.39. The fraction of sp³-hybridized carbons (Fsp3) is 0.333. The van der Waals surface area contributed by atoms with E-state index in [1.807, 2.05) is 0 Å². The molecule has 0 saturated heterocycles.